The monoisotopic (exact) mass is 480 g/mol. The lowest BCUT2D eigenvalue weighted by molar-refractivity contribution is 0.601. The number of pyridine rings is 1. The molecule has 0 bridgehead atoms. The van der Waals surface area contributed by atoms with Gasteiger partial charge in [0.2, 0.25) is 0 Å². The highest BCUT2D eigenvalue weighted by molar-refractivity contribution is 7.90. The van der Waals surface area contributed by atoms with Crippen molar-refractivity contribution in [3.63, 3.8) is 0 Å². The van der Waals surface area contributed by atoms with Gasteiger partial charge in [0.15, 0.2) is 15.7 Å². The van der Waals surface area contributed by atoms with Crippen molar-refractivity contribution in [2.24, 2.45) is 0 Å². The molecule has 6 nitrogen and oxygen atoms in total. The van der Waals surface area contributed by atoms with Crippen LogP contribution in [0.5, 0.6) is 0 Å². The molecule has 0 saturated heterocycles. The van der Waals surface area contributed by atoms with Crippen molar-refractivity contribution in [1.29, 1.82) is 0 Å². The minimum absolute atomic E-state index is 0.00129. The van der Waals surface area contributed by atoms with Crippen molar-refractivity contribution in [2.75, 3.05) is 11.6 Å². The summed E-state index contributed by atoms with van der Waals surface area (Å²) >= 11 is 0. The van der Waals surface area contributed by atoms with Crippen LogP contribution in [0.2, 0.25) is 0 Å². The van der Waals surface area contributed by atoms with Crippen molar-refractivity contribution in [3.8, 4) is 22.4 Å². The zero-order valence-corrected chi connectivity index (χ0v) is 20.2. The summed E-state index contributed by atoms with van der Waals surface area (Å²) in [5.41, 5.74) is 4.37. The minimum atomic E-state index is -3.42. The third-order valence-corrected chi connectivity index (χ3v) is 7.04. The number of fused-ring (bicyclic) bond motifs is 1. The largest absolute Gasteiger partial charge is 0.362 e. The average molecular weight is 481 g/mol. The summed E-state index contributed by atoms with van der Waals surface area (Å²) < 4.78 is 24.3. The fraction of sp³-hybridized carbons (Fsp3) is 0.107. The van der Waals surface area contributed by atoms with Crippen LogP contribution in [-0.4, -0.2) is 29.9 Å². The van der Waals surface area contributed by atoms with E-state index in [9.17, 15) is 8.42 Å². The molecule has 2 aromatic heterocycles. The number of aromatic nitrogens is 3. The SMILES string of the molecule is C[C@H](Nc1nnc(-c2cncc(S(C)(=O)=O)c2)c2cccc(-c3ccccc3)c12)c1ccccc1. The van der Waals surface area contributed by atoms with Gasteiger partial charge in [-0.3, -0.25) is 4.98 Å². The van der Waals surface area contributed by atoms with Crippen LogP contribution >= 0.6 is 0 Å². The smallest absolute Gasteiger partial charge is 0.177 e. The fourth-order valence-electron chi connectivity index (χ4n) is 4.16. The topological polar surface area (TPSA) is 84.8 Å². The van der Waals surface area contributed by atoms with Gasteiger partial charge in [0.05, 0.1) is 10.9 Å². The fourth-order valence-corrected chi connectivity index (χ4v) is 4.76. The van der Waals surface area contributed by atoms with Crippen LogP contribution in [-0.2, 0) is 9.84 Å². The van der Waals surface area contributed by atoms with Crippen molar-refractivity contribution >= 4 is 26.4 Å². The van der Waals surface area contributed by atoms with E-state index in [0.717, 1.165) is 27.5 Å². The first kappa shape index (κ1) is 22.7. The lowest BCUT2D eigenvalue weighted by atomic mass is 9.96. The van der Waals surface area contributed by atoms with E-state index >= 15 is 0 Å². The molecule has 0 unspecified atom stereocenters. The van der Waals surface area contributed by atoms with Crippen molar-refractivity contribution in [2.45, 2.75) is 17.9 Å². The van der Waals surface area contributed by atoms with Crippen LogP contribution in [0.1, 0.15) is 18.5 Å². The summed E-state index contributed by atoms with van der Waals surface area (Å²) in [6, 6.07) is 27.9. The molecule has 174 valence electrons. The van der Waals surface area contributed by atoms with Crippen LogP contribution < -0.4 is 5.32 Å². The molecule has 2 heterocycles. The van der Waals surface area contributed by atoms with Gasteiger partial charge < -0.3 is 5.32 Å². The maximum Gasteiger partial charge on any atom is 0.177 e. The van der Waals surface area contributed by atoms with E-state index in [0.29, 0.717) is 17.1 Å². The van der Waals surface area contributed by atoms with Gasteiger partial charge in [-0.1, -0.05) is 78.9 Å². The van der Waals surface area contributed by atoms with Gasteiger partial charge in [-0.25, -0.2) is 8.42 Å². The summed E-state index contributed by atoms with van der Waals surface area (Å²) in [7, 11) is -3.42. The van der Waals surface area contributed by atoms with Gasteiger partial charge in [-0.2, -0.15) is 0 Å². The Morgan fingerprint density at radius 3 is 2.23 bits per heavy atom. The summed E-state index contributed by atoms with van der Waals surface area (Å²) in [4.78, 5) is 4.31. The quantitative estimate of drug-likeness (QED) is 0.324. The molecule has 1 N–H and O–H groups in total. The maximum atomic E-state index is 12.1. The van der Waals surface area contributed by atoms with Crippen LogP contribution in [0, 0.1) is 0 Å². The number of anilines is 1. The van der Waals surface area contributed by atoms with Gasteiger partial charge in [0.25, 0.3) is 0 Å². The van der Waals surface area contributed by atoms with E-state index in [1.54, 1.807) is 12.3 Å². The van der Waals surface area contributed by atoms with E-state index in [4.69, 9.17) is 0 Å². The van der Waals surface area contributed by atoms with Gasteiger partial charge in [0, 0.05) is 35.0 Å². The molecule has 0 fully saturated rings. The Bertz CT molecular complexity index is 1610. The molecule has 0 aliphatic carbocycles. The van der Waals surface area contributed by atoms with Gasteiger partial charge >= 0.3 is 0 Å². The molecule has 0 spiro atoms. The van der Waals surface area contributed by atoms with Gasteiger partial charge in [0.1, 0.15) is 5.69 Å². The molecule has 5 rings (SSSR count). The summed E-state index contributed by atoms with van der Waals surface area (Å²) in [5, 5.41) is 14.4. The first-order chi connectivity index (χ1) is 16.9. The Balaban J connectivity index is 1.73. The number of benzene rings is 3. The molecule has 5 aromatic rings. The number of hydrogen-bond donors (Lipinski definition) is 1. The van der Waals surface area contributed by atoms with E-state index < -0.39 is 9.84 Å². The number of nitrogens with zero attached hydrogens (tertiary/aromatic N) is 3. The number of hydrogen-bond acceptors (Lipinski definition) is 6. The van der Waals surface area contributed by atoms with Crippen LogP contribution in [0.3, 0.4) is 0 Å². The summed E-state index contributed by atoms with van der Waals surface area (Å²) in [6.07, 6.45) is 4.14. The van der Waals surface area contributed by atoms with Crippen molar-refractivity contribution in [1.82, 2.24) is 15.2 Å². The van der Waals surface area contributed by atoms with Gasteiger partial charge in [-0.05, 0) is 29.7 Å². The summed E-state index contributed by atoms with van der Waals surface area (Å²) in [6.45, 7) is 2.08. The molecule has 0 saturated carbocycles. The van der Waals surface area contributed by atoms with Crippen LogP contribution in [0.15, 0.2) is 102 Å². The third kappa shape index (κ3) is 4.63. The van der Waals surface area contributed by atoms with E-state index in [2.05, 4.69) is 57.8 Å². The molecule has 1 atom stereocenters. The number of nitrogens with one attached hydrogen (secondary N) is 1. The second-order valence-electron chi connectivity index (χ2n) is 8.45. The lowest BCUT2D eigenvalue weighted by Gasteiger charge is -2.19. The minimum Gasteiger partial charge on any atom is -0.362 e. The van der Waals surface area contributed by atoms with Crippen LogP contribution in [0.4, 0.5) is 5.82 Å². The highest BCUT2D eigenvalue weighted by atomic mass is 32.2. The molecule has 0 aliphatic heterocycles. The Kier molecular flexibility index (Phi) is 6.01. The second-order valence-corrected chi connectivity index (χ2v) is 10.5. The lowest BCUT2D eigenvalue weighted by Crippen LogP contribution is -2.10. The first-order valence-corrected chi connectivity index (χ1v) is 13.1. The Morgan fingerprint density at radius 1 is 0.800 bits per heavy atom. The summed E-state index contributed by atoms with van der Waals surface area (Å²) in [5.74, 6) is 0.659. The maximum absolute atomic E-state index is 12.1. The van der Waals surface area contributed by atoms with Gasteiger partial charge in [-0.15, -0.1) is 10.2 Å². The highest BCUT2D eigenvalue weighted by Crippen LogP contribution is 2.38. The molecular formula is C28H24N4O2S. The highest BCUT2D eigenvalue weighted by Gasteiger charge is 2.18. The van der Waals surface area contributed by atoms with E-state index in [1.807, 2.05) is 48.5 Å². The predicted molar refractivity (Wildman–Crippen MR) is 140 cm³/mol. The van der Waals surface area contributed by atoms with Crippen molar-refractivity contribution in [3.05, 3.63) is 103 Å². The molecule has 0 radical (unpaired) electrons. The molecule has 0 aliphatic rings. The second kappa shape index (κ2) is 9.27. The number of rotatable bonds is 6. The number of sulfone groups is 1. The van der Waals surface area contributed by atoms with Crippen molar-refractivity contribution < 1.29 is 8.42 Å². The first-order valence-electron chi connectivity index (χ1n) is 11.2. The Hall–Kier alpha value is -4.10. The third-order valence-electron chi connectivity index (χ3n) is 5.96. The normalized spacial score (nSPS) is 12.4. The Morgan fingerprint density at radius 2 is 1.51 bits per heavy atom. The van der Waals surface area contributed by atoms with E-state index in [1.165, 1.54) is 12.5 Å². The van der Waals surface area contributed by atoms with E-state index in [-0.39, 0.29) is 10.9 Å². The predicted octanol–water partition coefficient (Wildman–Crippen LogP) is 5.94. The van der Waals surface area contributed by atoms with Crippen LogP contribution in [0.25, 0.3) is 33.2 Å². The molecule has 7 heteroatoms. The average Bonchev–Trinajstić information content (AvgIpc) is 2.89. The Labute approximate surface area is 204 Å². The molecule has 3 aromatic carbocycles. The molecule has 35 heavy (non-hydrogen) atoms. The molecule has 0 amide bonds. The standard InChI is InChI=1S/C28H24N4O2S/c1-19(20-10-5-3-6-11-20)30-28-26-24(21-12-7-4-8-13-21)14-9-15-25(26)27(31-32-28)22-16-23(18-29-17-22)35(2,33)34/h3-19H,1-2H3,(H,30,32)/t19-/m0/s1. The molecular weight excluding hydrogens is 456 g/mol. The zero-order chi connectivity index (χ0) is 24.4. The zero-order valence-electron chi connectivity index (χ0n) is 19.4.